The van der Waals surface area contributed by atoms with Crippen LogP contribution in [0.3, 0.4) is 0 Å². The summed E-state index contributed by atoms with van der Waals surface area (Å²) in [6, 6.07) is 0.521. The average Bonchev–Trinajstić information content (AvgIpc) is 3.05. The van der Waals surface area contributed by atoms with Crippen LogP contribution < -0.4 is 0 Å². The summed E-state index contributed by atoms with van der Waals surface area (Å²) in [5.41, 5.74) is 0.142. The zero-order chi connectivity index (χ0) is 17.3. The maximum absolute atomic E-state index is 12.5. The number of rotatable bonds is 7. The lowest BCUT2D eigenvalue weighted by atomic mass is 9.86. The molecule has 0 amide bonds. The van der Waals surface area contributed by atoms with Gasteiger partial charge in [0.1, 0.15) is 0 Å². The van der Waals surface area contributed by atoms with Crippen molar-refractivity contribution in [3.05, 3.63) is 0 Å². The Morgan fingerprint density at radius 1 is 1.14 bits per heavy atom. The van der Waals surface area contributed by atoms with E-state index in [0.29, 0.717) is 6.04 Å². The second-order valence-corrected chi connectivity index (χ2v) is 11.6. The van der Waals surface area contributed by atoms with Gasteiger partial charge in [-0.05, 0) is 57.7 Å². The van der Waals surface area contributed by atoms with Crippen molar-refractivity contribution < 1.29 is 4.21 Å². The minimum absolute atomic E-state index is 0.121. The van der Waals surface area contributed by atoms with Crippen LogP contribution in [0, 0.1) is 11.3 Å². The van der Waals surface area contributed by atoms with Gasteiger partial charge in [0.05, 0.1) is 0 Å². The molecule has 22 heavy (non-hydrogen) atoms. The molecule has 2 atom stereocenters. The lowest BCUT2D eigenvalue weighted by Crippen LogP contribution is -2.51. The zero-order valence-electron chi connectivity index (χ0n) is 16.1. The van der Waals surface area contributed by atoms with Gasteiger partial charge >= 0.3 is 0 Å². The van der Waals surface area contributed by atoms with Crippen molar-refractivity contribution in [3.8, 4) is 0 Å². The lowest BCUT2D eigenvalue weighted by Gasteiger charge is -2.42. The van der Waals surface area contributed by atoms with Gasteiger partial charge in [-0.1, -0.05) is 20.8 Å². The third-order valence-corrected chi connectivity index (χ3v) is 6.46. The Morgan fingerprint density at radius 2 is 1.64 bits per heavy atom. The van der Waals surface area contributed by atoms with Gasteiger partial charge in [-0.2, -0.15) is 0 Å². The van der Waals surface area contributed by atoms with Crippen LogP contribution in [0.25, 0.3) is 0 Å². The maximum atomic E-state index is 12.5. The maximum Gasteiger partial charge on any atom is 0.0250 e. The first-order valence-electron chi connectivity index (χ1n) is 8.57. The van der Waals surface area contributed by atoms with Crippen LogP contribution in [0.5, 0.6) is 0 Å². The first-order chi connectivity index (χ1) is 9.73. The molecule has 1 saturated carbocycles. The van der Waals surface area contributed by atoms with Crippen LogP contribution in [0.4, 0.5) is 0 Å². The summed E-state index contributed by atoms with van der Waals surface area (Å²) in [6.07, 6.45) is 4.50. The second kappa shape index (κ2) is 6.82. The topological polar surface area (TPSA) is 23.6 Å². The summed E-state index contributed by atoms with van der Waals surface area (Å²) in [4.78, 5) is 2.60. The van der Waals surface area contributed by atoms with E-state index in [0.717, 1.165) is 19.0 Å². The van der Waals surface area contributed by atoms with Gasteiger partial charge in [-0.25, -0.2) is 4.31 Å². The van der Waals surface area contributed by atoms with E-state index < -0.39 is 9.71 Å². The monoisotopic (exact) mass is 330 g/mol. The Balaban J connectivity index is 2.80. The average molecular weight is 331 g/mol. The molecule has 0 aliphatic heterocycles. The van der Waals surface area contributed by atoms with Crippen molar-refractivity contribution in [1.29, 1.82) is 0 Å². The highest BCUT2D eigenvalue weighted by atomic mass is 32.2. The fourth-order valence-corrected chi connectivity index (χ4v) is 4.58. The normalized spacial score (nSPS) is 21.2. The van der Waals surface area contributed by atoms with E-state index in [1.165, 1.54) is 19.4 Å². The summed E-state index contributed by atoms with van der Waals surface area (Å²) in [7, 11) is -2.19. The van der Waals surface area contributed by atoms with E-state index in [9.17, 15) is 4.21 Å². The van der Waals surface area contributed by atoms with E-state index in [1.807, 2.05) is 0 Å². The molecular formula is C18H38N2OS. The van der Waals surface area contributed by atoms with Crippen LogP contribution in [0.2, 0.25) is 0 Å². The molecule has 0 aromatic rings. The smallest absolute Gasteiger partial charge is 0.0250 e. The van der Waals surface area contributed by atoms with Crippen molar-refractivity contribution in [2.45, 2.75) is 72.9 Å². The van der Waals surface area contributed by atoms with Crippen molar-refractivity contribution in [1.82, 2.24) is 9.21 Å². The molecule has 4 heteroatoms. The van der Waals surface area contributed by atoms with E-state index in [2.05, 4.69) is 63.5 Å². The molecule has 3 nitrogen and oxygen atoms in total. The SMILES string of the molecule is C=S(C)(=O)N(CCN(CC1CC1)C(C)C(C)(C)C)C(C)(C)C. The van der Waals surface area contributed by atoms with Crippen LogP contribution in [-0.2, 0) is 9.71 Å². The Morgan fingerprint density at radius 3 is 1.95 bits per heavy atom. The number of hydrogen-bond donors (Lipinski definition) is 0. The molecule has 0 saturated heterocycles. The molecule has 1 aliphatic rings. The van der Waals surface area contributed by atoms with Gasteiger partial charge < -0.3 is 0 Å². The van der Waals surface area contributed by atoms with Gasteiger partial charge in [0.25, 0.3) is 0 Å². The first kappa shape index (κ1) is 20.0. The molecule has 0 bridgehead atoms. The lowest BCUT2D eigenvalue weighted by molar-refractivity contribution is 0.0952. The largest absolute Gasteiger partial charge is 0.299 e. The Kier molecular flexibility index (Phi) is 6.20. The van der Waals surface area contributed by atoms with E-state index in [4.69, 9.17) is 0 Å². The summed E-state index contributed by atoms with van der Waals surface area (Å²) in [6.45, 7) is 18.6. The van der Waals surface area contributed by atoms with E-state index in [1.54, 1.807) is 6.26 Å². The summed E-state index contributed by atoms with van der Waals surface area (Å²) in [5.74, 6) is 4.79. The Labute approximate surface area is 139 Å². The highest BCUT2D eigenvalue weighted by Crippen LogP contribution is 2.33. The fourth-order valence-electron chi connectivity index (χ4n) is 2.95. The van der Waals surface area contributed by atoms with Crippen molar-refractivity contribution in [2.24, 2.45) is 11.3 Å². The van der Waals surface area contributed by atoms with Gasteiger partial charge in [0, 0.05) is 47.2 Å². The molecule has 0 N–H and O–H groups in total. The van der Waals surface area contributed by atoms with Gasteiger partial charge in [0.2, 0.25) is 0 Å². The second-order valence-electron chi connectivity index (χ2n) is 9.21. The van der Waals surface area contributed by atoms with Crippen molar-refractivity contribution in [3.63, 3.8) is 0 Å². The molecule has 0 aromatic heterocycles. The minimum atomic E-state index is -2.19. The summed E-state index contributed by atoms with van der Waals surface area (Å²) < 4.78 is 14.6. The molecular weight excluding hydrogens is 292 g/mol. The quantitative estimate of drug-likeness (QED) is 0.667. The molecule has 1 aliphatic carbocycles. The minimum Gasteiger partial charge on any atom is -0.299 e. The highest BCUT2D eigenvalue weighted by molar-refractivity contribution is 7.97. The molecule has 0 heterocycles. The Bertz CT molecular complexity index is 452. The van der Waals surface area contributed by atoms with Crippen molar-refractivity contribution in [2.75, 3.05) is 25.9 Å². The van der Waals surface area contributed by atoms with Crippen LogP contribution in [0.1, 0.15) is 61.3 Å². The van der Waals surface area contributed by atoms with Gasteiger partial charge in [-0.15, -0.1) is 0 Å². The predicted molar refractivity (Wildman–Crippen MR) is 101 cm³/mol. The highest BCUT2D eigenvalue weighted by Gasteiger charge is 2.33. The molecule has 0 spiro atoms. The summed E-state index contributed by atoms with van der Waals surface area (Å²) in [5, 5.41) is 0. The number of hydrogen-bond acceptors (Lipinski definition) is 2. The Hall–Kier alpha value is -0.0600. The van der Waals surface area contributed by atoms with Gasteiger partial charge in [0.15, 0.2) is 0 Å². The fraction of sp³-hybridized carbons (Fsp3) is 0.944. The summed E-state index contributed by atoms with van der Waals surface area (Å²) >= 11 is 0. The van der Waals surface area contributed by atoms with Crippen LogP contribution in [-0.4, -0.2) is 56.8 Å². The predicted octanol–water partition coefficient (Wildman–Crippen LogP) is 3.49. The molecule has 2 unspecified atom stereocenters. The van der Waals surface area contributed by atoms with E-state index in [-0.39, 0.29) is 11.0 Å². The van der Waals surface area contributed by atoms with Crippen LogP contribution in [0.15, 0.2) is 0 Å². The first-order valence-corrected chi connectivity index (χ1v) is 10.7. The molecule has 1 rings (SSSR count). The third kappa shape index (κ3) is 6.21. The molecule has 132 valence electrons. The zero-order valence-corrected chi connectivity index (χ0v) is 16.9. The molecule has 1 fully saturated rings. The van der Waals surface area contributed by atoms with Crippen molar-refractivity contribution >= 4 is 15.6 Å². The van der Waals surface area contributed by atoms with Gasteiger partial charge in [-0.3, -0.25) is 9.11 Å². The number of nitrogens with zero attached hydrogens (tertiary/aromatic N) is 2. The van der Waals surface area contributed by atoms with Crippen LogP contribution >= 0.6 is 0 Å². The standard InChI is InChI=1S/C18H38N2OS/c1-15(17(2,3)4)19(14-16-10-11-16)12-13-20(18(5,6)7)22(8,9)21/h15-16H,8,10-14H2,1-7,9H3. The molecule has 0 radical (unpaired) electrons. The van der Waals surface area contributed by atoms with E-state index >= 15 is 0 Å². The molecule has 0 aromatic carbocycles. The third-order valence-electron chi connectivity index (χ3n) is 4.80.